The van der Waals surface area contributed by atoms with Gasteiger partial charge in [0.25, 0.3) is 5.91 Å². The number of amides is 1. The van der Waals surface area contributed by atoms with Crippen LogP contribution in [0.1, 0.15) is 13.8 Å². The van der Waals surface area contributed by atoms with Gasteiger partial charge in [0, 0.05) is 24.2 Å². The molecule has 0 saturated carbocycles. The first-order valence-corrected chi connectivity index (χ1v) is 6.92. The normalized spacial score (nSPS) is 11.2. The maximum Gasteiger partial charge on any atom is 0.312 e. The van der Waals surface area contributed by atoms with E-state index in [1.807, 2.05) is 6.92 Å². The highest BCUT2D eigenvalue weighted by molar-refractivity contribution is 6.30. The molecule has 0 aromatic heterocycles. The molecular weight excluding hydrogens is 333 g/mol. The van der Waals surface area contributed by atoms with Crippen LogP contribution in [0.25, 0.3) is 0 Å². The van der Waals surface area contributed by atoms with Crippen LogP contribution in [0.4, 0.5) is 5.69 Å². The second-order valence-electron chi connectivity index (χ2n) is 4.27. The molecule has 1 aromatic carbocycles. The number of nitrogens with one attached hydrogen (secondary N) is 2. The molecule has 9 heteroatoms. The van der Waals surface area contributed by atoms with Crippen molar-refractivity contribution in [3.8, 4) is 5.75 Å². The van der Waals surface area contributed by atoms with E-state index in [-0.39, 0.29) is 34.8 Å². The van der Waals surface area contributed by atoms with Crippen molar-refractivity contribution in [2.75, 3.05) is 19.6 Å². The summed E-state index contributed by atoms with van der Waals surface area (Å²) in [5, 5.41) is 16.9. The summed E-state index contributed by atoms with van der Waals surface area (Å²) >= 11 is 5.71. The standard InChI is InChI=1S/C13H18ClN3O4.ClH/c1-3-15-6-7-16-13(18)9(2)21-12-5-4-10(14)8-11(12)17(19)20;/h4-5,8-9,15H,3,6-7H2,1-2H3,(H,16,18);1H. The number of nitrogens with zero attached hydrogens (tertiary/aromatic N) is 1. The third-order valence-corrected chi connectivity index (χ3v) is 2.88. The Kier molecular flexibility index (Phi) is 9.48. The number of ether oxygens (including phenoxy) is 1. The summed E-state index contributed by atoms with van der Waals surface area (Å²) in [6, 6.07) is 4.04. The average molecular weight is 352 g/mol. The summed E-state index contributed by atoms with van der Waals surface area (Å²) in [6.45, 7) is 5.42. The number of hydrogen-bond donors (Lipinski definition) is 2. The molecule has 0 aliphatic carbocycles. The minimum atomic E-state index is -0.841. The number of carbonyl (C=O) groups is 1. The predicted octanol–water partition coefficient (Wildman–Crippen LogP) is 2.16. The fourth-order valence-electron chi connectivity index (χ4n) is 1.57. The molecule has 1 aromatic rings. The van der Waals surface area contributed by atoms with Gasteiger partial charge in [0.15, 0.2) is 11.9 Å². The maximum atomic E-state index is 11.8. The number of halogens is 2. The zero-order chi connectivity index (χ0) is 15.8. The number of nitro groups is 1. The summed E-state index contributed by atoms with van der Waals surface area (Å²) in [6.07, 6.45) is -0.841. The lowest BCUT2D eigenvalue weighted by Crippen LogP contribution is -2.39. The summed E-state index contributed by atoms with van der Waals surface area (Å²) in [4.78, 5) is 22.1. The molecule has 2 N–H and O–H groups in total. The van der Waals surface area contributed by atoms with Crippen molar-refractivity contribution in [3.05, 3.63) is 33.3 Å². The van der Waals surface area contributed by atoms with Gasteiger partial charge in [-0.15, -0.1) is 12.4 Å². The lowest BCUT2D eigenvalue weighted by Gasteiger charge is -2.14. The third kappa shape index (κ3) is 6.46. The van der Waals surface area contributed by atoms with Crippen LogP contribution in [0, 0.1) is 10.1 Å². The summed E-state index contributed by atoms with van der Waals surface area (Å²) < 4.78 is 5.35. The molecule has 0 radical (unpaired) electrons. The van der Waals surface area contributed by atoms with Crippen molar-refractivity contribution < 1.29 is 14.5 Å². The Hall–Kier alpha value is -1.57. The summed E-state index contributed by atoms with van der Waals surface area (Å²) in [5.41, 5.74) is -0.269. The summed E-state index contributed by atoms with van der Waals surface area (Å²) in [7, 11) is 0. The molecule has 1 atom stereocenters. The Morgan fingerprint density at radius 3 is 2.73 bits per heavy atom. The number of rotatable bonds is 8. The minimum Gasteiger partial charge on any atom is -0.474 e. The molecular formula is C13H19Cl2N3O4. The fourth-order valence-corrected chi connectivity index (χ4v) is 1.74. The Labute approximate surface area is 139 Å². The number of benzene rings is 1. The number of hydrogen-bond acceptors (Lipinski definition) is 5. The van der Waals surface area contributed by atoms with Gasteiger partial charge in [-0.1, -0.05) is 18.5 Å². The van der Waals surface area contributed by atoms with E-state index < -0.39 is 11.0 Å². The molecule has 0 aliphatic rings. The number of likely N-dealkylation sites (N-methyl/N-ethyl adjacent to an activating group) is 1. The SMILES string of the molecule is CCNCCNC(=O)C(C)Oc1ccc(Cl)cc1[N+](=O)[O-].Cl. The Bertz CT molecular complexity index is 514. The number of carbonyl (C=O) groups excluding carboxylic acids is 1. The molecule has 1 unspecified atom stereocenters. The number of nitro benzene ring substituents is 1. The first-order valence-electron chi connectivity index (χ1n) is 6.54. The van der Waals surface area contributed by atoms with E-state index in [1.165, 1.54) is 25.1 Å². The van der Waals surface area contributed by atoms with Gasteiger partial charge in [-0.3, -0.25) is 14.9 Å². The van der Waals surface area contributed by atoms with E-state index >= 15 is 0 Å². The van der Waals surface area contributed by atoms with Gasteiger partial charge in [0.05, 0.1) is 4.92 Å². The molecule has 0 bridgehead atoms. The smallest absolute Gasteiger partial charge is 0.312 e. The van der Waals surface area contributed by atoms with Crippen LogP contribution in [0.15, 0.2) is 18.2 Å². The van der Waals surface area contributed by atoms with Crippen molar-refractivity contribution in [1.29, 1.82) is 0 Å². The first-order chi connectivity index (χ1) is 9.95. The van der Waals surface area contributed by atoms with Gasteiger partial charge in [0.1, 0.15) is 0 Å². The average Bonchev–Trinajstić information content (AvgIpc) is 2.44. The largest absolute Gasteiger partial charge is 0.474 e. The highest BCUT2D eigenvalue weighted by Crippen LogP contribution is 2.30. The molecule has 7 nitrogen and oxygen atoms in total. The summed E-state index contributed by atoms with van der Waals surface area (Å²) in [5.74, 6) is -0.323. The highest BCUT2D eigenvalue weighted by Gasteiger charge is 2.21. The van der Waals surface area contributed by atoms with Crippen molar-refractivity contribution in [2.24, 2.45) is 0 Å². The zero-order valence-corrected chi connectivity index (χ0v) is 13.9. The molecule has 1 rings (SSSR count). The van der Waals surface area contributed by atoms with E-state index in [9.17, 15) is 14.9 Å². The van der Waals surface area contributed by atoms with Gasteiger partial charge in [0.2, 0.25) is 0 Å². The van der Waals surface area contributed by atoms with E-state index in [1.54, 1.807) is 0 Å². The van der Waals surface area contributed by atoms with Gasteiger partial charge in [-0.2, -0.15) is 0 Å². The molecule has 22 heavy (non-hydrogen) atoms. The molecule has 0 saturated heterocycles. The van der Waals surface area contributed by atoms with Gasteiger partial charge in [-0.05, 0) is 25.6 Å². The fraction of sp³-hybridized carbons (Fsp3) is 0.462. The Morgan fingerprint density at radius 1 is 1.45 bits per heavy atom. The first kappa shape index (κ1) is 20.4. The van der Waals surface area contributed by atoms with Crippen molar-refractivity contribution in [3.63, 3.8) is 0 Å². The molecule has 0 heterocycles. The molecule has 0 fully saturated rings. The molecule has 0 spiro atoms. The van der Waals surface area contributed by atoms with Crippen molar-refractivity contribution in [2.45, 2.75) is 20.0 Å². The maximum absolute atomic E-state index is 11.8. The second-order valence-corrected chi connectivity index (χ2v) is 4.71. The van der Waals surface area contributed by atoms with E-state index in [4.69, 9.17) is 16.3 Å². The van der Waals surface area contributed by atoms with Gasteiger partial charge in [-0.25, -0.2) is 0 Å². The Morgan fingerprint density at radius 2 is 2.14 bits per heavy atom. The highest BCUT2D eigenvalue weighted by atomic mass is 35.5. The van der Waals surface area contributed by atoms with E-state index in [0.717, 1.165) is 6.54 Å². The molecule has 1 amide bonds. The topological polar surface area (TPSA) is 93.5 Å². The second kappa shape index (κ2) is 10.2. The molecule has 0 aliphatic heterocycles. The van der Waals surface area contributed by atoms with Crippen LogP contribution in [0.3, 0.4) is 0 Å². The lowest BCUT2D eigenvalue weighted by atomic mass is 10.3. The third-order valence-electron chi connectivity index (χ3n) is 2.64. The van der Waals surface area contributed by atoms with E-state index in [2.05, 4.69) is 10.6 Å². The van der Waals surface area contributed by atoms with Crippen LogP contribution in [-0.2, 0) is 4.79 Å². The van der Waals surface area contributed by atoms with Crippen LogP contribution in [-0.4, -0.2) is 36.6 Å². The molecule has 124 valence electrons. The van der Waals surface area contributed by atoms with Crippen LogP contribution in [0.2, 0.25) is 5.02 Å². The van der Waals surface area contributed by atoms with Gasteiger partial charge < -0.3 is 15.4 Å². The zero-order valence-electron chi connectivity index (χ0n) is 12.3. The lowest BCUT2D eigenvalue weighted by molar-refractivity contribution is -0.386. The van der Waals surface area contributed by atoms with Crippen molar-refractivity contribution in [1.82, 2.24) is 10.6 Å². The minimum absolute atomic E-state index is 0. The quantitative estimate of drug-likeness (QED) is 0.425. The van der Waals surface area contributed by atoms with Gasteiger partial charge >= 0.3 is 5.69 Å². The monoisotopic (exact) mass is 351 g/mol. The Balaban J connectivity index is 0.00000441. The van der Waals surface area contributed by atoms with Crippen LogP contribution < -0.4 is 15.4 Å². The predicted molar refractivity (Wildman–Crippen MR) is 87.0 cm³/mol. The van der Waals surface area contributed by atoms with E-state index in [0.29, 0.717) is 13.1 Å². The van der Waals surface area contributed by atoms with Crippen molar-refractivity contribution >= 4 is 35.6 Å². The van der Waals surface area contributed by atoms with Crippen LogP contribution in [0.5, 0.6) is 5.75 Å². The van der Waals surface area contributed by atoms with Crippen LogP contribution >= 0.6 is 24.0 Å².